The molecule has 0 radical (unpaired) electrons. The van der Waals surface area contributed by atoms with Gasteiger partial charge in [0.05, 0.1) is 13.7 Å². The molecule has 132 valence electrons. The van der Waals surface area contributed by atoms with Crippen molar-refractivity contribution in [3.05, 3.63) is 53.6 Å². The summed E-state index contributed by atoms with van der Waals surface area (Å²) in [6, 6.07) is 12.2. The van der Waals surface area contributed by atoms with Gasteiger partial charge in [-0.05, 0) is 43.2 Å². The number of carboxylic acid groups (broad SMARTS) is 1. The first-order valence-electron chi connectivity index (χ1n) is 7.90. The molecule has 2 rings (SSSR count). The van der Waals surface area contributed by atoms with E-state index in [-0.39, 0.29) is 17.2 Å². The van der Waals surface area contributed by atoms with E-state index in [0.29, 0.717) is 25.1 Å². The lowest BCUT2D eigenvalue weighted by atomic mass is 10.1. The lowest BCUT2D eigenvalue weighted by Gasteiger charge is -2.10. The number of methoxy groups -OCH3 is 1. The molecule has 0 fully saturated rings. The molecule has 0 heterocycles. The molecule has 1 amide bonds. The number of carboxylic acids is 1. The number of amides is 1. The van der Waals surface area contributed by atoms with Crippen LogP contribution in [0.25, 0.3) is 0 Å². The highest BCUT2D eigenvalue weighted by atomic mass is 16.5. The Hall–Kier alpha value is -3.02. The molecule has 2 aromatic rings. The molecule has 0 spiro atoms. The summed E-state index contributed by atoms with van der Waals surface area (Å²) >= 11 is 0. The number of aryl methyl sites for hydroxylation is 1. The Morgan fingerprint density at radius 1 is 1.16 bits per heavy atom. The maximum atomic E-state index is 12.0. The summed E-state index contributed by atoms with van der Waals surface area (Å²) in [6.07, 6.45) is 0.874. The fraction of sp³-hybridized carbons (Fsp3) is 0.263. The molecule has 0 aromatic heterocycles. The molecule has 0 aliphatic rings. The van der Waals surface area contributed by atoms with Crippen molar-refractivity contribution in [3.63, 3.8) is 0 Å². The predicted octanol–water partition coefficient (Wildman–Crippen LogP) is 3.50. The number of nitrogens with one attached hydrogen (secondary N) is 1. The summed E-state index contributed by atoms with van der Waals surface area (Å²) in [5, 5.41) is 11.8. The lowest BCUT2D eigenvalue weighted by Crippen LogP contribution is -2.13. The van der Waals surface area contributed by atoms with Crippen molar-refractivity contribution in [2.75, 3.05) is 19.0 Å². The highest BCUT2D eigenvalue weighted by molar-refractivity contribution is 5.94. The van der Waals surface area contributed by atoms with E-state index in [2.05, 4.69) is 5.32 Å². The van der Waals surface area contributed by atoms with Crippen LogP contribution in [0.2, 0.25) is 0 Å². The van der Waals surface area contributed by atoms with Gasteiger partial charge in [0.1, 0.15) is 17.1 Å². The Morgan fingerprint density at radius 3 is 2.64 bits per heavy atom. The monoisotopic (exact) mass is 343 g/mol. The molecule has 6 nitrogen and oxygen atoms in total. The number of carbonyl (C=O) groups excluding carboxylic acids is 1. The van der Waals surface area contributed by atoms with E-state index in [1.807, 2.05) is 31.2 Å². The third kappa shape index (κ3) is 5.53. The van der Waals surface area contributed by atoms with Gasteiger partial charge in [-0.25, -0.2) is 4.79 Å². The first kappa shape index (κ1) is 18.3. The Kier molecular flexibility index (Phi) is 6.39. The Morgan fingerprint density at radius 2 is 1.96 bits per heavy atom. The minimum Gasteiger partial charge on any atom is -0.496 e. The minimum absolute atomic E-state index is 0.0482. The van der Waals surface area contributed by atoms with Gasteiger partial charge in [-0.2, -0.15) is 0 Å². The number of carbonyl (C=O) groups is 2. The maximum Gasteiger partial charge on any atom is 0.339 e. The van der Waals surface area contributed by atoms with Crippen LogP contribution in [0.15, 0.2) is 42.5 Å². The van der Waals surface area contributed by atoms with Crippen LogP contribution >= 0.6 is 0 Å². The smallest absolute Gasteiger partial charge is 0.339 e. The number of ether oxygens (including phenoxy) is 2. The molecule has 0 bridgehead atoms. The van der Waals surface area contributed by atoms with Crippen LogP contribution < -0.4 is 14.8 Å². The normalized spacial score (nSPS) is 10.2. The second kappa shape index (κ2) is 8.73. The zero-order valence-electron chi connectivity index (χ0n) is 14.2. The molecule has 0 saturated heterocycles. The average molecular weight is 343 g/mol. The Bertz CT molecular complexity index is 757. The lowest BCUT2D eigenvalue weighted by molar-refractivity contribution is -0.116. The summed E-state index contributed by atoms with van der Waals surface area (Å²) in [5.41, 5.74) is 1.66. The molecule has 0 aliphatic carbocycles. The minimum atomic E-state index is -1.08. The summed E-state index contributed by atoms with van der Waals surface area (Å²) in [4.78, 5) is 23.0. The molecule has 0 saturated carbocycles. The number of anilines is 1. The molecule has 0 unspecified atom stereocenters. The largest absolute Gasteiger partial charge is 0.496 e. The summed E-state index contributed by atoms with van der Waals surface area (Å²) < 4.78 is 10.6. The third-order valence-corrected chi connectivity index (χ3v) is 3.52. The van der Waals surface area contributed by atoms with Gasteiger partial charge in [0.2, 0.25) is 5.91 Å². The Labute approximate surface area is 146 Å². The van der Waals surface area contributed by atoms with Gasteiger partial charge >= 0.3 is 5.97 Å². The molecule has 0 atom stereocenters. The van der Waals surface area contributed by atoms with Crippen LogP contribution in [0.3, 0.4) is 0 Å². The highest BCUT2D eigenvalue weighted by Crippen LogP contribution is 2.23. The van der Waals surface area contributed by atoms with Gasteiger partial charge in [0.25, 0.3) is 0 Å². The van der Waals surface area contributed by atoms with Crippen molar-refractivity contribution in [1.29, 1.82) is 0 Å². The van der Waals surface area contributed by atoms with Gasteiger partial charge in [0, 0.05) is 18.2 Å². The SMILES string of the molecule is COc1cc(NC(=O)CCCOc2cccc(C)c2)ccc1C(=O)O. The van der Waals surface area contributed by atoms with Crippen LogP contribution in [-0.2, 0) is 4.79 Å². The van der Waals surface area contributed by atoms with Crippen LogP contribution in [-0.4, -0.2) is 30.7 Å². The fourth-order valence-electron chi connectivity index (χ4n) is 2.30. The molecule has 25 heavy (non-hydrogen) atoms. The van der Waals surface area contributed by atoms with E-state index < -0.39 is 5.97 Å². The van der Waals surface area contributed by atoms with Gasteiger partial charge in [0.15, 0.2) is 0 Å². The molecular formula is C19H21NO5. The van der Waals surface area contributed by atoms with E-state index in [1.54, 1.807) is 0 Å². The number of rotatable bonds is 8. The fourth-order valence-corrected chi connectivity index (χ4v) is 2.30. The van der Waals surface area contributed by atoms with Crippen molar-refractivity contribution < 1.29 is 24.2 Å². The van der Waals surface area contributed by atoms with Crippen molar-refractivity contribution >= 4 is 17.6 Å². The highest BCUT2D eigenvalue weighted by Gasteiger charge is 2.12. The quantitative estimate of drug-likeness (QED) is 0.717. The third-order valence-electron chi connectivity index (χ3n) is 3.52. The predicted molar refractivity (Wildman–Crippen MR) is 94.5 cm³/mol. The molecular weight excluding hydrogens is 322 g/mol. The van der Waals surface area contributed by atoms with E-state index >= 15 is 0 Å². The van der Waals surface area contributed by atoms with Crippen molar-refractivity contribution in [1.82, 2.24) is 0 Å². The number of aromatic carboxylic acids is 1. The first-order valence-corrected chi connectivity index (χ1v) is 7.90. The summed E-state index contributed by atoms with van der Waals surface area (Å²) in [6.45, 7) is 2.43. The van der Waals surface area contributed by atoms with Crippen LogP contribution in [0.1, 0.15) is 28.8 Å². The Balaban J connectivity index is 1.81. The van der Waals surface area contributed by atoms with Crippen LogP contribution in [0.5, 0.6) is 11.5 Å². The summed E-state index contributed by atoms with van der Waals surface area (Å²) in [7, 11) is 1.38. The molecule has 2 N–H and O–H groups in total. The molecule has 0 aliphatic heterocycles. The number of hydrogen-bond donors (Lipinski definition) is 2. The van der Waals surface area contributed by atoms with Gasteiger partial charge in [-0.15, -0.1) is 0 Å². The zero-order valence-corrected chi connectivity index (χ0v) is 14.2. The topological polar surface area (TPSA) is 84.9 Å². The maximum absolute atomic E-state index is 12.0. The number of benzene rings is 2. The molecule has 2 aromatic carbocycles. The van der Waals surface area contributed by atoms with Crippen molar-refractivity contribution in [2.24, 2.45) is 0 Å². The number of hydrogen-bond acceptors (Lipinski definition) is 4. The van der Waals surface area contributed by atoms with Gasteiger partial charge in [-0.3, -0.25) is 4.79 Å². The summed E-state index contributed by atoms with van der Waals surface area (Å²) in [5.74, 6) is -0.261. The second-order valence-electron chi connectivity index (χ2n) is 5.54. The van der Waals surface area contributed by atoms with Crippen molar-refractivity contribution in [2.45, 2.75) is 19.8 Å². The second-order valence-corrected chi connectivity index (χ2v) is 5.54. The zero-order chi connectivity index (χ0) is 18.2. The van der Waals surface area contributed by atoms with Crippen molar-refractivity contribution in [3.8, 4) is 11.5 Å². The molecule has 6 heteroatoms. The average Bonchev–Trinajstić information content (AvgIpc) is 2.58. The standard InChI is InChI=1S/C19H21NO5/c1-13-5-3-6-15(11-13)25-10-4-7-18(21)20-14-8-9-16(19(22)23)17(12-14)24-2/h3,5-6,8-9,11-12H,4,7,10H2,1-2H3,(H,20,21)(H,22,23). The van der Waals surface area contributed by atoms with Crippen LogP contribution in [0.4, 0.5) is 5.69 Å². The van der Waals surface area contributed by atoms with Crippen LogP contribution in [0, 0.1) is 6.92 Å². The van der Waals surface area contributed by atoms with Gasteiger partial charge < -0.3 is 19.9 Å². The van der Waals surface area contributed by atoms with Gasteiger partial charge in [-0.1, -0.05) is 12.1 Å². The van der Waals surface area contributed by atoms with E-state index in [1.165, 1.54) is 25.3 Å². The van der Waals surface area contributed by atoms with E-state index in [9.17, 15) is 9.59 Å². The first-order chi connectivity index (χ1) is 12.0. The van der Waals surface area contributed by atoms with E-state index in [4.69, 9.17) is 14.6 Å². The van der Waals surface area contributed by atoms with E-state index in [0.717, 1.165) is 11.3 Å².